The van der Waals surface area contributed by atoms with E-state index in [1.807, 2.05) is 46.8 Å². The Bertz CT molecular complexity index is 1350. The summed E-state index contributed by atoms with van der Waals surface area (Å²) in [4.78, 5) is 60.6. The quantitative estimate of drug-likeness (QED) is 0.334. The number of carbonyl (C=O) groups excluding carboxylic acids is 4. The lowest BCUT2D eigenvalue weighted by atomic mass is 9.84. The molecule has 1 aliphatic carbocycles. The molecule has 4 amide bonds. The SMILES string of the molecule is C/C(=C\[C@H](C(C)C)N(C)C(=O)C(NC(=O)C1CCCCN1C(C)C)C(C)(C)C)C(=O)N1CCCC1C(=O)Nc1ccc2c(c1)CCC2. The van der Waals surface area contributed by atoms with E-state index in [9.17, 15) is 19.2 Å². The molecule has 2 aliphatic heterocycles. The van der Waals surface area contributed by atoms with E-state index in [1.54, 1.807) is 23.8 Å². The standard InChI is InChI=1S/C38H59N5O4/c1-24(2)32(41(9)37(47)33(38(6,7)8)40-35(45)30-16-10-11-20-42(30)25(3)4)22-26(5)36(46)43-21-13-17-31(43)34(44)39-29-19-18-27-14-12-15-28(27)23-29/h18-19,22-25,30-33H,10-17,20-21H2,1-9H3,(H,39,44)(H,40,45)/b26-22+/t30?,31?,32-,33?/m1/s1. The number of likely N-dealkylation sites (tertiary alicyclic amines) is 2. The van der Waals surface area contributed by atoms with Crippen molar-refractivity contribution in [1.82, 2.24) is 20.0 Å². The zero-order chi connectivity index (χ0) is 34.6. The topological polar surface area (TPSA) is 102 Å². The van der Waals surface area contributed by atoms with Gasteiger partial charge in [-0.05, 0) is 107 Å². The third-order valence-corrected chi connectivity index (χ3v) is 10.3. The van der Waals surface area contributed by atoms with Crippen molar-refractivity contribution in [2.45, 2.75) is 137 Å². The number of carbonyl (C=O) groups is 4. The predicted molar refractivity (Wildman–Crippen MR) is 188 cm³/mol. The number of nitrogens with zero attached hydrogens (tertiary/aromatic N) is 3. The Hall–Kier alpha value is -3.20. The number of rotatable bonds is 10. The molecule has 0 aromatic heterocycles. The molecule has 9 nitrogen and oxygen atoms in total. The van der Waals surface area contributed by atoms with Gasteiger partial charge in [0.2, 0.25) is 23.6 Å². The van der Waals surface area contributed by atoms with Crippen molar-refractivity contribution in [3.8, 4) is 0 Å². The summed E-state index contributed by atoms with van der Waals surface area (Å²) in [5.74, 6) is -0.612. The van der Waals surface area contributed by atoms with Crippen molar-refractivity contribution in [1.29, 1.82) is 0 Å². The predicted octanol–water partition coefficient (Wildman–Crippen LogP) is 5.33. The molecule has 3 aliphatic rings. The number of anilines is 1. The molecule has 260 valence electrons. The van der Waals surface area contributed by atoms with Crippen LogP contribution in [0.1, 0.15) is 105 Å². The molecule has 0 bridgehead atoms. The second-order valence-electron chi connectivity index (χ2n) is 15.7. The van der Waals surface area contributed by atoms with Crippen molar-refractivity contribution in [2.75, 3.05) is 25.5 Å². The fourth-order valence-corrected chi connectivity index (χ4v) is 7.55. The number of piperidine rings is 1. The van der Waals surface area contributed by atoms with Crippen LogP contribution in [0, 0.1) is 11.3 Å². The normalized spacial score (nSPS) is 21.9. The molecule has 9 heteroatoms. The smallest absolute Gasteiger partial charge is 0.249 e. The van der Waals surface area contributed by atoms with Crippen LogP contribution in [0.3, 0.4) is 0 Å². The van der Waals surface area contributed by atoms with Crippen molar-refractivity contribution in [3.05, 3.63) is 41.0 Å². The molecular weight excluding hydrogens is 590 g/mol. The number of hydrogen-bond acceptors (Lipinski definition) is 5. The van der Waals surface area contributed by atoms with Crippen LogP contribution >= 0.6 is 0 Å². The Morgan fingerprint density at radius 2 is 1.57 bits per heavy atom. The van der Waals surface area contributed by atoms with Gasteiger partial charge in [-0.25, -0.2) is 0 Å². The third kappa shape index (κ3) is 8.64. The van der Waals surface area contributed by atoms with Crippen LogP contribution in [0.25, 0.3) is 0 Å². The minimum absolute atomic E-state index is 0.00952. The van der Waals surface area contributed by atoms with E-state index >= 15 is 0 Å². The number of hydrogen-bond donors (Lipinski definition) is 2. The highest BCUT2D eigenvalue weighted by atomic mass is 16.2. The second kappa shape index (κ2) is 15.3. The fourth-order valence-electron chi connectivity index (χ4n) is 7.55. The van der Waals surface area contributed by atoms with Gasteiger partial charge in [-0.1, -0.05) is 53.2 Å². The number of likely N-dealkylation sites (N-methyl/N-ethyl adjacent to an activating group) is 1. The molecule has 47 heavy (non-hydrogen) atoms. The van der Waals surface area contributed by atoms with Crippen molar-refractivity contribution >= 4 is 29.3 Å². The van der Waals surface area contributed by atoms with E-state index < -0.39 is 17.5 Å². The van der Waals surface area contributed by atoms with Crippen molar-refractivity contribution in [2.24, 2.45) is 11.3 Å². The molecule has 1 aromatic carbocycles. The summed E-state index contributed by atoms with van der Waals surface area (Å²) in [7, 11) is 1.76. The first-order chi connectivity index (χ1) is 22.1. The second-order valence-corrected chi connectivity index (χ2v) is 15.7. The van der Waals surface area contributed by atoms with Crippen LogP contribution < -0.4 is 10.6 Å². The minimum atomic E-state index is -0.729. The Labute approximate surface area is 282 Å². The van der Waals surface area contributed by atoms with Gasteiger partial charge >= 0.3 is 0 Å². The van der Waals surface area contributed by atoms with Gasteiger partial charge in [0.05, 0.1) is 12.1 Å². The molecular formula is C38H59N5O4. The van der Waals surface area contributed by atoms with Crippen molar-refractivity contribution in [3.63, 3.8) is 0 Å². The van der Waals surface area contributed by atoms with Crippen LogP contribution in [0.5, 0.6) is 0 Å². The van der Waals surface area contributed by atoms with Crippen LogP contribution in [-0.2, 0) is 32.0 Å². The van der Waals surface area contributed by atoms with E-state index in [0.717, 1.165) is 57.2 Å². The highest BCUT2D eigenvalue weighted by Gasteiger charge is 2.40. The van der Waals surface area contributed by atoms with E-state index in [1.165, 1.54) is 11.1 Å². The van der Waals surface area contributed by atoms with Crippen LogP contribution in [0.2, 0.25) is 0 Å². The van der Waals surface area contributed by atoms with E-state index in [0.29, 0.717) is 18.5 Å². The van der Waals surface area contributed by atoms with Gasteiger partial charge in [-0.3, -0.25) is 24.1 Å². The number of benzene rings is 1. The number of nitrogens with one attached hydrogen (secondary N) is 2. The van der Waals surface area contributed by atoms with Crippen molar-refractivity contribution < 1.29 is 19.2 Å². The molecule has 1 aromatic rings. The zero-order valence-electron chi connectivity index (χ0n) is 30.3. The van der Waals surface area contributed by atoms with Crippen LogP contribution in [-0.4, -0.2) is 88.7 Å². The monoisotopic (exact) mass is 649 g/mol. The third-order valence-electron chi connectivity index (χ3n) is 10.3. The molecule has 0 saturated carbocycles. The molecule has 4 rings (SSSR count). The van der Waals surface area contributed by atoms with E-state index in [-0.39, 0.29) is 47.7 Å². The Kier molecular flexibility index (Phi) is 12.0. The van der Waals surface area contributed by atoms with Gasteiger partial charge in [-0.15, -0.1) is 0 Å². The van der Waals surface area contributed by atoms with Gasteiger partial charge in [0.15, 0.2) is 0 Å². The zero-order valence-corrected chi connectivity index (χ0v) is 30.3. The summed E-state index contributed by atoms with van der Waals surface area (Å²) >= 11 is 0. The molecule has 0 spiro atoms. The lowest BCUT2D eigenvalue weighted by Gasteiger charge is -2.41. The Morgan fingerprint density at radius 1 is 0.894 bits per heavy atom. The molecule has 2 saturated heterocycles. The number of fused-ring (bicyclic) bond motifs is 1. The minimum Gasteiger partial charge on any atom is -0.342 e. The first-order valence-corrected chi connectivity index (χ1v) is 17.8. The molecule has 2 N–H and O–H groups in total. The lowest BCUT2D eigenvalue weighted by molar-refractivity contribution is -0.142. The first kappa shape index (κ1) is 36.6. The van der Waals surface area contributed by atoms with Gasteiger partial charge in [-0.2, -0.15) is 0 Å². The van der Waals surface area contributed by atoms with Gasteiger partial charge < -0.3 is 20.4 Å². The average Bonchev–Trinajstić information content (AvgIpc) is 3.70. The summed E-state index contributed by atoms with van der Waals surface area (Å²) < 4.78 is 0. The summed E-state index contributed by atoms with van der Waals surface area (Å²) in [6.45, 7) is 17.4. The maximum Gasteiger partial charge on any atom is 0.249 e. The van der Waals surface area contributed by atoms with Gasteiger partial charge in [0.25, 0.3) is 0 Å². The summed E-state index contributed by atoms with van der Waals surface area (Å²) in [6, 6.07) is 4.46. The summed E-state index contributed by atoms with van der Waals surface area (Å²) in [6.07, 6.45) is 9.35. The summed E-state index contributed by atoms with van der Waals surface area (Å²) in [5, 5.41) is 6.21. The number of aryl methyl sites for hydroxylation is 2. The van der Waals surface area contributed by atoms with E-state index in [2.05, 4.69) is 41.5 Å². The largest absolute Gasteiger partial charge is 0.342 e. The Morgan fingerprint density at radius 3 is 2.23 bits per heavy atom. The molecule has 3 unspecified atom stereocenters. The van der Waals surface area contributed by atoms with Crippen LogP contribution in [0.4, 0.5) is 5.69 Å². The maximum absolute atomic E-state index is 14.2. The van der Waals surface area contributed by atoms with Gasteiger partial charge in [0.1, 0.15) is 12.1 Å². The fraction of sp³-hybridized carbons (Fsp3) is 0.684. The van der Waals surface area contributed by atoms with Crippen LogP contribution in [0.15, 0.2) is 29.8 Å². The Balaban J connectivity index is 1.47. The lowest BCUT2D eigenvalue weighted by Crippen LogP contribution is -2.60. The molecule has 0 radical (unpaired) electrons. The highest BCUT2D eigenvalue weighted by Crippen LogP contribution is 2.28. The highest BCUT2D eigenvalue weighted by molar-refractivity contribution is 6.01. The van der Waals surface area contributed by atoms with E-state index in [4.69, 9.17) is 0 Å². The summed E-state index contributed by atoms with van der Waals surface area (Å²) in [5.41, 5.74) is 3.40. The molecule has 4 atom stereocenters. The van der Waals surface area contributed by atoms with Gasteiger partial charge in [0, 0.05) is 30.9 Å². The maximum atomic E-state index is 14.2. The average molecular weight is 650 g/mol. The first-order valence-electron chi connectivity index (χ1n) is 17.8. The molecule has 2 fully saturated rings. The number of amides is 4. The molecule has 2 heterocycles.